The Morgan fingerprint density at radius 3 is 2.35 bits per heavy atom. The van der Waals surface area contributed by atoms with Crippen molar-refractivity contribution in [3.05, 3.63) is 29.8 Å². The van der Waals surface area contributed by atoms with Gasteiger partial charge in [-0.1, -0.05) is 19.1 Å². The maximum Gasteiger partial charge on any atom is 0.119 e. The smallest absolute Gasteiger partial charge is 0.119 e. The van der Waals surface area contributed by atoms with Crippen LogP contribution in [0, 0.1) is 0 Å². The molecule has 0 heterocycles. The zero-order chi connectivity index (χ0) is 12.7. The number of aliphatic hydroxyl groups excluding tert-OH is 1. The molecule has 3 nitrogen and oxygen atoms in total. The molecular formula is C14H23NO2. The molecule has 0 aromatic heterocycles. The van der Waals surface area contributed by atoms with Gasteiger partial charge in [0.25, 0.3) is 0 Å². The molecule has 1 aromatic carbocycles. The molecule has 0 saturated heterocycles. The van der Waals surface area contributed by atoms with Crippen molar-refractivity contribution in [2.24, 2.45) is 0 Å². The van der Waals surface area contributed by atoms with E-state index in [0.717, 1.165) is 18.7 Å². The molecule has 0 aliphatic heterocycles. The van der Waals surface area contributed by atoms with Crippen molar-refractivity contribution in [3.8, 4) is 5.75 Å². The summed E-state index contributed by atoms with van der Waals surface area (Å²) in [6.45, 7) is 7.06. The summed E-state index contributed by atoms with van der Waals surface area (Å²) in [5.41, 5.74) is 1.20. The molecule has 0 aliphatic carbocycles. The summed E-state index contributed by atoms with van der Waals surface area (Å²) >= 11 is 0. The molecule has 1 rings (SSSR count). The molecule has 2 N–H and O–H groups in total. The molecule has 1 atom stereocenters. The van der Waals surface area contributed by atoms with Crippen LogP contribution in [0.5, 0.6) is 5.75 Å². The van der Waals surface area contributed by atoms with Gasteiger partial charge in [0.15, 0.2) is 0 Å². The first-order valence-electron chi connectivity index (χ1n) is 6.25. The van der Waals surface area contributed by atoms with Crippen molar-refractivity contribution in [2.45, 2.75) is 45.9 Å². The van der Waals surface area contributed by atoms with Crippen LogP contribution in [0.1, 0.15) is 32.8 Å². The Bertz CT molecular complexity index is 305. The minimum Gasteiger partial charge on any atom is -0.491 e. The van der Waals surface area contributed by atoms with Crippen LogP contribution in [0.3, 0.4) is 0 Å². The summed E-state index contributed by atoms with van der Waals surface area (Å²) in [7, 11) is 0. The Morgan fingerprint density at radius 1 is 1.24 bits per heavy atom. The lowest BCUT2D eigenvalue weighted by Gasteiger charge is -2.14. The van der Waals surface area contributed by atoms with Gasteiger partial charge in [-0.3, -0.25) is 0 Å². The molecule has 96 valence electrons. The van der Waals surface area contributed by atoms with Gasteiger partial charge < -0.3 is 15.2 Å². The molecule has 0 radical (unpaired) electrons. The zero-order valence-corrected chi connectivity index (χ0v) is 10.9. The van der Waals surface area contributed by atoms with E-state index >= 15 is 0 Å². The van der Waals surface area contributed by atoms with E-state index in [1.807, 2.05) is 26.0 Å². The SMILES string of the molecule is CCC(CO)NCc1ccc(OC(C)C)cc1. The first-order valence-corrected chi connectivity index (χ1v) is 6.25. The number of benzene rings is 1. The zero-order valence-electron chi connectivity index (χ0n) is 10.9. The molecule has 1 unspecified atom stereocenters. The normalized spacial score (nSPS) is 12.8. The third-order valence-corrected chi connectivity index (χ3v) is 2.60. The Labute approximate surface area is 104 Å². The highest BCUT2D eigenvalue weighted by Crippen LogP contribution is 2.13. The van der Waals surface area contributed by atoms with Crippen LogP contribution in [-0.4, -0.2) is 23.9 Å². The van der Waals surface area contributed by atoms with E-state index in [-0.39, 0.29) is 18.8 Å². The van der Waals surface area contributed by atoms with Gasteiger partial charge in [-0.05, 0) is 38.0 Å². The van der Waals surface area contributed by atoms with Crippen molar-refractivity contribution in [2.75, 3.05) is 6.61 Å². The highest BCUT2D eigenvalue weighted by molar-refractivity contribution is 5.27. The van der Waals surface area contributed by atoms with E-state index in [0.29, 0.717) is 0 Å². The van der Waals surface area contributed by atoms with Crippen LogP contribution in [0.4, 0.5) is 0 Å². The fraction of sp³-hybridized carbons (Fsp3) is 0.571. The summed E-state index contributed by atoms with van der Waals surface area (Å²) in [5, 5.41) is 12.4. The topological polar surface area (TPSA) is 41.5 Å². The van der Waals surface area contributed by atoms with E-state index in [9.17, 15) is 0 Å². The first kappa shape index (κ1) is 14.0. The van der Waals surface area contributed by atoms with Gasteiger partial charge in [-0.15, -0.1) is 0 Å². The van der Waals surface area contributed by atoms with Gasteiger partial charge in [0.2, 0.25) is 0 Å². The fourth-order valence-electron chi connectivity index (χ4n) is 1.56. The molecular weight excluding hydrogens is 214 g/mol. The second-order valence-electron chi connectivity index (χ2n) is 4.48. The largest absolute Gasteiger partial charge is 0.491 e. The summed E-state index contributed by atoms with van der Waals surface area (Å²) in [6, 6.07) is 8.25. The van der Waals surface area contributed by atoms with Gasteiger partial charge in [0.1, 0.15) is 5.75 Å². The Kier molecular flexibility index (Phi) is 6.01. The number of hydrogen-bond donors (Lipinski definition) is 2. The van der Waals surface area contributed by atoms with E-state index in [1.165, 1.54) is 5.56 Å². The molecule has 17 heavy (non-hydrogen) atoms. The lowest BCUT2D eigenvalue weighted by atomic mass is 10.2. The molecule has 0 amide bonds. The van der Waals surface area contributed by atoms with Crippen molar-refractivity contribution in [3.63, 3.8) is 0 Å². The summed E-state index contributed by atoms with van der Waals surface area (Å²) < 4.78 is 5.58. The van der Waals surface area contributed by atoms with Crippen molar-refractivity contribution in [1.82, 2.24) is 5.32 Å². The highest BCUT2D eigenvalue weighted by Gasteiger charge is 2.03. The average Bonchev–Trinajstić information content (AvgIpc) is 2.32. The molecule has 0 fully saturated rings. The number of hydrogen-bond acceptors (Lipinski definition) is 3. The number of ether oxygens (including phenoxy) is 1. The number of nitrogens with one attached hydrogen (secondary N) is 1. The minimum atomic E-state index is 0.182. The average molecular weight is 237 g/mol. The Balaban J connectivity index is 2.45. The van der Waals surface area contributed by atoms with E-state index in [1.54, 1.807) is 0 Å². The van der Waals surface area contributed by atoms with Crippen LogP contribution >= 0.6 is 0 Å². The number of rotatable bonds is 7. The van der Waals surface area contributed by atoms with Gasteiger partial charge in [-0.25, -0.2) is 0 Å². The van der Waals surface area contributed by atoms with Gasteiger partial charge in [-0.2, -0.15) is 0 Å². The third kappa shape index (κ3) is 5.20. The lowest BCUT2D eigenvalue weighted by Crippen LogP contribution is -2.31. The predicted molar refractivity (Wildman–Crippen MR) is 70.2 cm³/mol. The van der Waals surface area contributed by atoms with Gasteiger partial charge in [0.05, 0.1) is 12.7 Å². The molecule has 0 spiro atoms. The van der Waals surface area contributed by atoms with E-state index in [2.05, 4.69) is 24.4 Å². The number of aliphatic hydroxyl groups is 1. The van der Waals surface area contributed by atoms with E-state index < -0.39 is 0 Å². The van der Waals surface area contributed by atoms with E-state index in [4.69, 9.17) is 9.84 Å². The van der Waals surface area contributed by atoms with Crippen LogP contribution < -0.4 is 10.1 Å². The Morgan fingerprint density at radius 2 is 1.88 bits per heavy atom. The molecule has 0 bridgehead atoms. The summed E-state index contributed by atoms with van der Waals surface area (Å²) in [4.78, 5) is 0. The van der Waals surface area contributed by atoms with Crippen LogP contribution in [0.15, 0.2) is 24.3 Å². The summed E-state index contributed by atoms with van der Waals surface area (Å²) in [6.07, 6.45) is 1.14. The second kappa shape index (κ2) is 7.30. The fourth-order valence-corrected chi connectivity index (χ4v) is 1.56. The molecule has 3 heteroatoms. The third-order valence-electron chi connectivity index (χ3n) is 2.60. The second-order valence-corrected chi connectivity index (χ2v) is 4.48. The molecule has 0 saturated carbocycles. The van der Waals surface area contributed by atoms with Gasteiger partial charge in [0, 0.05) is 12.6 Å². The highest BCUT2D eigenvalue weighted by atomic mass is 16.5. The molecule has 1 aromatic rings. The monoisotopic (exact) mass is 237 g/mol. The predicted octanol–water partition coefficient (Wildman–Crippen LogP) is 2.33. The van der Waals surface area contributed by atoms with Crippen LogP contribution in [0.2, 0.25) is 0 Å². The molecule has 0 aliphatic rings. The maximum atomic E-state index is 9.06. The Hall–Kier alpha value is -1.06. The lowest BCUT2D eigenvalue weighted by molar-refractivity contribution is 0.237. The van der Waals surface area contributed by atoms with Crippen LogP contribution in [0.25, 0.3) is 0 Å². The van der Waals surface area contributed by atoms with Crippen molar-refractivity contribution in [1.29, 1.82) is 0 Å². The quantitative estimate of drug-likeness (QED) is 0.765. The van der Waals surface area contributed by atoms with Crippen LogP contribution in [-0.2, 0) is 6.54 Å². The summed E-state index contributed by atoms with van der Waals surface area (Å²) in [5.74, 6) is 0.901. The van der Waals surface area contributed by atoms with Crippen molar-refractivity contribution < 1.29 is 9.84 Å². The van der Waals surface area contributed by atoms with Crippen molar-refractivity contribution >= 4 is 0 Å². The minimum absolute atomic E-state index is 0.182. The van der Waals surface area contributed by atoms with Gasteiger partial charge >= 0.3 is 0 Å². The first-order chi connectivity index (χ1) is 8.15. The maximum absolute atomic E-state index is 9.06. The standard InChI is InChI=1S/C14H23NO2/c1-4-13(10-16)15-9-12-5-7-14(8-6-12)17-11(2)3/h5-8,11,13,15-16H,4,9-10H2,1-3H3.